The summed E-state index contributed by atoms with van der Waals surface area (Å²) in [5.74, 6) is -0.349. The third-order valence-corrected chi connectivity index (χ3v) is 7.73. The first-order valence-corrected chi connectivity index (χ1v) is 12.1. The molecule has 1 saturated heterocycles. The first-order chi connectivity index (χ1) is 14.8. The van der Waals surface area contributed by atoms with E-state index in [9.17, 15) is 17.6 Å². The van der Waals surface area contributed by atoms with Crippen molar-refractivity contribution in [3.05, 3.63) is 71.6 Å². The molecule has 0 aliphatic carbocycles. The van der Waals surface area contributed by atoms with Crippen LogP contribution in [0.1, 0.15) is 37.8 Å². The minimum absolute atomic E-state index is 0.0561. The first-order valence-electron chi connectivity index (χ1n) is 10.7. The maximum Gasteiger partial charge on any atom is 0.246 e. The molecule has 1 aliphatic rings. The minimum atomic E-state index is -3.50. The van der Waals surface area contributed by atoms with E-state index in [1.54, 1.807) is 36.4 Å². The van der Waals surface area contributed by atoms with Crippen LogP contribution in [0.2, 0.25) is 0 Å². The summed E-state index contributed by atoms with van der Waals surface area (Å²) in [6.45, 7) is 5.14. The summed E-state index contributed by atoms with van der Waals surface area (Å²) in [7, 11) is -3.50. The van der Waals surface area contributed by atoms with Gasteiger partial charge in [0.2, 0.25) is 15.9 Å². The smallest absolute Gasteiger partial charge is 0.246 e. The molecule has 0 radical (unpaired) electrons. The Morgan fingerprint density at radius 2 is 1.87 bits per heavy atom. The monoisotopic (exact) mass is 444 g/mol. The highest BCUT2D eigenvalue weighted by molar-refractivity contribution is 7.89. The topological polar surface area (TPSA) is 57.7 Å². The van der Waals surface area contributed by atoms with Crippen molar-refractivity contribution in [1.82, 2.24) is 9.21 Å². The van der Waals surface area contributed by atoms with E-state index in [2.05, 4.69) is 0 Å². The second-order valence-electron chi connectivity index (χ2n) is 7.65. The van der Waals surface area contributed by atoms with Crippen LogP contribution in [0, 0.1) is 5.82 Å². The minimum Gasteiger partial charge on any atom is -0.336 e. The van der Waals surface area contributed by atoms with Gasteiger partial charge in [0, 0.05) is 31.8 Å². The van der Waals surface area contributed by atoms with Crippen LogP contribution in [0.25, 0.3) is 6.08 Å². The van der Waals surface area contributed by atoms with Crippen LogP contribution in [0.3, 0.4) is 0 Å². The number of sulfonamides is 1. The molecule has 1 heterocycles. The Morgan fingerprint density at radius 1 is 1.16 bits per heavy atom. The molecule has 3 rings (SSSR count). The van der Waals surface area contributed by atoms with Gasteiger partial charge in [-0.2, -0.15) is 4.31 Å². The zero-order chi connectivity index (χ0) is 22.4. The molecule has 1 fully saturated rings. The zero-order valence-electron chi connectivity index (χ0n) is 18.0. The number of benzene rings is 2. The molecule has 2 aromatic rings. The number of carbonyl (C=O) groups is 1. The van der Waals surface area contributed by atoms with Crippen molar-refractivity contribution in [3.63, 3.8) is 0 Å². The quantitative estimate of drug-likeness (QED) is 0.576. The molecular weight excluding hydrogens is 415 g/mol. The normalized spacial score (nSPS) is 17.0. The Balaban J connectivity index is 1.66. The Morgan fingerprint density at radius 3 is 2.52 bits per heavy atom. The maximum atomic E-state index is 13.5. The van der Waals surface area contributed by atoms with Crippen molar-refractivity contribution in [2.24, 2.45) is 0 Å². The Labute approximate surface area is 184 Å². The maximum absolute atomic E-state index is 13.5. The number of hydrogen-bond donors (Lipinski definition) is 0. The van der Waals surface area contributed by atoms with E-state index < -0.39 is 10.0 Å². The lowest BCUT2D eigenvalue weighted by atomic mass is 10.0. The first kappa shape index (κ1) is 23.2. The lowest BCUT2D eigenvalue weighted by Gasteiger charge is -2.23. The zero-order valence-corrected chi connectivity index (χ0v) is 18.8. The van der Waals surface area contributed by atoms with Gasteiger partial charge >= 0.3 is 0 Å². The number of amides is 1. The standard InChI is InChI=1S/C24H29FN2O3S/c1-3-26(4-2)31(29,30)23-13-10-19(11-14-23)12-15-24(28)27-16-6-9-22(27)18-20-7-5-8-21(25)17-20/h5,7-8,10-15,17,22H,3-4,6,9,16,18H2,1-2H3/b15-12+. The van der Waals surface area contributed by atoms with Gasteiger partial charge in [0.25, 0.3) is 0 Å². The van der Waals surface area contributed by atoms with E-state index in [-0.39, 0.29) is 22.7 Å². The van der Waals surface area contributed by atoms with Crippen molar-refractivity contribution in [2.75, 3.05) is 19.6 Å². The van der Waals surface area contributed by atoms with Crippen molar-refractivity contribution in [2.45, 2.75) is 44.0 Å². The number of rotatable bonds is 8. The fraction of sp³-hybridized carbons (Fsp3) is 0.375. The summed E-state index contributed by atoms with van der Waals surface area (Å²) < 4.78 is 40.0. The molecule has 1 amide bonds. The van der Waals surface area contributed by atoms with Gasteiger partial charge in [0.1, 0.15) is 5.82 Å². The highest BCUT2D eigenvalue weighted by atomic mass is 32.2. The van der Waals surface area contributed by atoms with Crippen LogP contribution in [-0.2, 0) is 21.2 Å². The Hall–Kier alpha value is -2.51. The summed E-state index contributed by atoms with van der Waals surface area (Å²) in [6.07, 6.45) is 5.69. The molecule has 7 heteroatoms. The highest BCUT2D eigenvalue weighted by Gasteiger charge is 2.27. The molecule has 0 aromatic heterocycles. The molecule has 1 atom stereocenters. The lowest BCUT2D eigenvalue weighted by molar-refractivity contribution is -0.126. The van der Waals surface area contributed by atoms with Gasteiger partial charge < -0.3 is 4.90 Å². The molecule has 0 spiro atoms. The van der Waals surface area contributed by atoms with Crippen molar-refractivity contribution in [3.8, 4) is 0 Å². The average Bonchev–Trinajstić information content (AvgIpc) is 3.21. The summed E-state index contributed by atoms with van der Waals surface area (Å²) in [5, 5.41) is 0. The van der Waals surface area contributed by atoms with E-state index >= 15 is 0 Å². The molecule has 5 nitrogen and oxygen atoms in total. The molecule has 2 aromatic carbocycles. The third kappa shape index (κ3) is 5.60. The van der Waals surface area contributed by atoms with Gasteiger partial charge in [-0.15, -0.1) is 0 Å². The van der Waals surface area contributed by atoms with E-state index in [1.165, 1.54) is 22.5 Å². The van der Waals surface area contributed by atoms with E-state index in [4.69, 9.17) is 0 Å². The predicted molar refractivity (Wildman–Crippen MR) is 120 cm³/mol. The number of hydrogen-bond acceptors (Lipinski definition) is 3. The molecule has 0 bridgehead atoms. The van der Waals surface area contributed by atoms with Gasteiger partial charge in [-0.1, -0.05) is 38.1 Å². The summed E-state index contributed by atoms with van der Waals surface area (Å²) >= 11 is 0. The van der Waals surface area contributed by atoms with Gasteiger partial charge in [-0.05, 0) is 60.7 Å². The number of carbonyl (C=O) groups excluding carboxylic acids is 1. The van der Waals surface area contributed by atoms with E-state index in [1.807, 2.05) is 24.8 Å². The van der Waals surface area contributed by atoms with Crippen molar-refractivity contribution in [1.29, 1.82) is 0 Å². The molecule has 1 unspecified atom stereocenters. The van der Waals surface area contributed by atoms with Gasteiger partial charge in [-0.25, -0.2) is 12.8 Å². The molecule has 0 saturated carbocycles. The van der Waals surface area contributed by atoms with Crippen LogP contribution < -0.4 is 0 Å². The second kappa shape index (κ2) is 10.2. The highest BCUT2D eigenvalue weighted by Crippen LogP contribution is 2.22. The van der Waals surface area contributed by atoms with Crippen LogP contribution in [-0.4, -0.2) is 49.2 Å². The van der Waals surface area contributed by atoms with Crippen LogP contribution in [0.4, 0.5) is 4.39 Å². The SMILES string of the molecule is CCN(CC)S(=O)(=O)c1ccc(/C=C/C(=O)N2CCCC2Cc2cccc(F)c2)cc1. The van der Waals surface area contributed by atoms with E-state index in [0.717, 1.165) is 24.0 Å². The van der Waals surface area contributed by atoms with Crippen LogP contribution >= 0.6 is 0 Å². The van der Waals surface area contributed by atoms with Gasteiger partial charge in [0.15, 0.2) is 0 Å². The van der Waals surface area contributed by atoms with Crippen LogP contribution in [0.15, 0.2) is 59.5 Å². The molecule has 31 heavy (non-hydrogen) atoms. The summed E-state index contributed by atoms with van der Waals surface area (Å²) in [6, 6.07) is 13.1. The van der Waals surface area contributed by atoms with Gasteiger partial charge in [-0.3, -0.25) is 4.79 Å². The number of nitrogens with zero attached hydrogens (tertiary/aromatic N) is 2. The predicted octanol–water partition coefficient (Wildman–Crippen LogP) is 4.10. The summed E-state index contributed by atoms with van der Waals surface area (Å²) in [4.78, 5) is 14.8. The Bertz CT molecular complexity index is 1030. The fourth-order valence-corrected chi connectivity index (χ4v) is 5.46. The fourth-order valence-electron chi connectivity index (χ4n) is 4.00. The molecule has 166 valence electrons. The second-order valence-corrected chi connectivity index (χ2v) is 9.59. The lowest BCUT2D eigenvalue weighted by Crippen LogP contribution is -2.35. The third-order valence-electron chi connectivity index (χ3n) is 5.66. The van der Waals surface area contributed by atoms with Crippen molar-refractivity contribution < 1.29 is 17.6 Å². The molecule has 0 N–H and O–H groups in total. The summed E-state index contributed by atoms with van der Waals surface area (Å²) in [5.41, 5.74) is 1.64. The van der Waals surface area contributed by atoms with E-state index in [0.29, 0.717) is 26.1 Å². The number of likely N-dealkylation sites (tertiary alicyclic amines) is 1. The van der Waals surface area contributed by atoms with Crippen LogP contribution in [0.5, 0.6) is 0 Å². The van der Waals surface area contributed by atoms with Gasteiger partial charge in [0.05, 0.1) is 4.90 Å². The molecular formula is C24H29FN2O3S. The largest absolute Gasteiger partial charge is 0.336 e. The Kier molecular flexibility index (Phi) is 7.62. The average molecular weight is 445 g/mol. The van der Waals surface area contributed by atoms with Crippen molar-refractivity contribution >= 4 is 22.0 Å². The number of halogens is 1. The molecule has 1 aliphatic heterocycles.